The smallest absolute Gasteiger partial charge is 0.319 e. The molecule has 8 nitrogen and oxygen atoms in total. The number of carbonyl (C=O) groups is 2. The Balaban J connectivity index is 1.51. The summed E-state index contributed by atoms with van der Waals surface area (Å²) in [6.07, 6.45) is 3.42. The molecule has 0 unspecified atom stereocenters. The maximum atomic E-state index is 13.7. The van der Waals surface area contributed by atoms with Crippen molar-refractivity contribution in [1.29, 1.82) is 0 Å². The fourth-order valence-electron chi connectivity index (χ4n) is 2.99. The number of anilines is 1. The molecule has 0 aliphatic carbocycles. The van der Waals surface area contributed by atoms with Crippen LogP contribution in [0.25, 0.3) is 0 Å². The number of carbonyl (C=O) groups excluding carboxylic acids is 2. The summed E-state index contributed by atoms with van der Waals surface area (Å²) < 4.78 is 32.6. The third kappa shape index (κ3) is 6.56. The second-order valence-electron chi connectivity index (χ2n) is 6.83. The summed E-state index contributed by atoms with van der Waals surface area (Å²) in [4.78, 5) is 28.4. The van der Waals surface area contributed by atoms with Crippen molar-refractivity contribution in [3.8, 4) is 0 Å². The van der Waals surface area contributed by atoms with Gasteiger partial charge in [0.2, 0.25) is 5.91 Å². The van der Waals surface area contributed by atoms with Gasteiger partial charge in [0.05, 0.1) is 43.1 Å². The van der Waals surface area contributed by atoms with Crippen LogP contribution in [0.4, 0.5) is 19.3 Å². The van der Waals surface area contributed by atoms with E-state index in [9.17, 15) is 23.5 Å². The first-order chi connectivity index (χ1) is 14.9. The molecule has 1 aromatic carbocycles. The number of aromatic nitrogens is 1. The molecule has 3 amide bonds. The standard InChI is InChI=1S/C21H22F2N4O4/c22-13-4-6-16(23)18(9-13)27-21(30)26-17-7-5-15(31-19(17)12-28)10-20(29)25-11-14-3-1-2-8-24-14/h1-9,15,17,19,28H,10-12H2,(H,25,29)(H2,26,27,30)/t15-,17-,19-/m0/s1. The summed E-state index contributed by atoms with van der Waals surface area (Å²) >= 11 is 0. The molecule has 0 saturated carbocycles. The van der Waals surface area contributed by atoms with Gasteiger partial charge in [-0.15, -0.1) is 0 Å². The minimum absolute atomic E-state index is 0.0211. The summed E-state index contributed by atoms with van der Waals surface area (Å²) in [6, 6.07) is 6.54. The average molecular weight is 432 g/mol. The number of urea groups is 1. The van der Waals surface area contributed by atoms with Crippen LogP contribution in [-0.4, -0.2) is 46.9 Å². The summed E-state index contributed by atoms with van der Waals surface area (Å²) in [5.74, 6) is -1.75. The van der Waals surface area contributed by atoms with Crippen LogP contribution in [0.5, 0.6) is 0 Å². The van der Waals surface area contributed by atoms with Crippen molar-refractivity contribution in [2.24, 2.45) is 0 Å². The quantitative estimate of drug-likeness (QED) is 0.499. The van der Waals surface area contributed by atoms with Gasteiger partial charge >= 0.3 is 6.03 Å². The van der Waals surface area contributed by atoms with Crippen molar-refractivity contribution in [2.75, 3.05) is 11.9 Å². The minimum atomic E-state index is -0.818. The summed E-state index contributed by atoms with van der Waals surface area (Å²) in [7, 11) is 0. The Morgan fingerprint density at radius 3 is 2.74 bits per heavy atom. The van der Waals surface area contributed by atoms with Crippen LogP contribution in [0.3, 0.4) is 0 Å². The zero-order chi connectivity index (χ0) is 22.2. The van der Waals surface area contributed by atoms with Gasteiger partial charge in [0.15, 0.2) is 0 Å². The van der Waals surface area contributed by atoms with Crippen LogP contribution in [-0.2, 0) is 16.1 Å². The van der Waals surface area contributed by atoms with Gasteiger partial charge in [-0.3, -0.25) is 9.78 Å². The summed E-state index contributed by atoms with van der Waals surface area (Å²) in [6.45, 7) is -0.143. The predicted molar refractivity (Wildman–Crippen MR) is 108 cm³/mol. The molecule has 1 aliphatic rings. The van der Waals surface area contributed by atoms with Gasteiger partial charge in [-0.1, -0.05) is 18.2 Å². The van der Waals surface area contributed by atoms with Crippen molar-refractivity contribution >= 4 is 17.6 Å². The van der Waals surface area contributed by atoms with Crippen LogP contribution in [0.15, 0.2) is 54.7 Å². The van der Waals surface area contributed by atoms with E-state index in [1.807, 2.05) is 6.07 Å². The van der Waals surface area contributed by atoms with Gasteiger partial charge in [-0.05, 0) is 24.3 Å². The predicted octanol–water partition coefficient (Wildman–Crippen LogP) is 1.87. The summed E-state index contributed by atoms with van der Waals surface area (Å²) in [5.41, 5.74) is 0.399. The van der Waals surface area contributed by atoms with Gasteiger partial charge < -0.3 is 25.8 Å². The molecular weight excluding hydrogens is 410 g/mol. The number of aliphatic hydroxyl groups is 1. The van der Waals surface area contributed by atoms with Crippen molar-refractivity contribution in [1.82, 2.24) is 15.6 Å². The van der Waals surface area contributed by atoms with Gasteiger partial charge in [0, 0.05) is 12.3 Å². The molecule has 31 heavy (non-hydrogen) atoms. The lowest BCUT2D eigenvalue weighted by Gasteiger charge is -2.31. The van der Waals surface area contributed by atoms with Crippen molar-refractivity contribution in [3.63, 3.8) is 0 Å². The van der Waals surface area contributed by atoms with Gasteiger partial charge in [0.1, 0.15) is 17.7 Å². The third-order valence-corrected chi connectivity index (χ3v) is 4.52. The Kier molecular flexibility index (Phi) is 7.63. The van der Waals surface area contributed by atoms with E-state index in [-0.39, 0.29) is 24.6 Å². The topological polar surface area (TPSA) is 113 Å². The molecule has 0 fully saturated rings. The molecule has 0 spiro atoms. The number of amides is 3. The van der Waals surface area contributed by atoms with Crippen LogP contribution in [0, 0.1) is 11.6 Å². The number of rotatable bonds is 7. The molecule has 4 N–H and O–H groups in total. The monoisotopic (exact) mass is 432 g/mol. The Morgan fingerprint density at radius 1 is 1.16 bits per heavy atom. The Bertz CT molecular complexity index is 942. The molecule has 1 aromatic heterocycles. The van der Waals surface area contributed by atoms with Crippen LogP contribution in [0.2, 0.25) is 0 Å². The Morgan fingerprint density at radius 2 is 2.00 bits per heavy atom. The van der Waals surface area contributed by atoms with Crippen molar-refractivity contribution in [3.05, 3.63) is 72.1 Å². The third-order valence-electron chi connectivity index (χ3n) is 4.52. The molecular formula is C21H22F2N4O4. The lowest BCUT2D eigenvalue weighted by atomic mass is 10.0. The molecule has 10 heteroatoms. The largest absolute Gasteiger partial charge is 0.394 e. The van der Waals surface area contributed by atoms with E-state index in [0.717, 1.165) is 18.2 Å². The van der Waals surface area contributed by atoms with E-state index >= 15 is 0 Å². The number of aliphatic hydroxyl groups excluding tert-OH is 1. The first-order valence-corrected chi connectivity index (χ1v) is 9.58. The highest BCUT2D eigenvalue weighted by atomic mass is 19.1. The van der Waals surface area contributed by atoms with Crippen LogP contribution >= 0.6 is 0 Å². The lowest BCUT2D eigenvalue weighted by molar-refractivity contribution is -0.125. The van der Waals surface area contributed by atoms with E-state index in [1.165, 1.54) is 0 Å². The van der Waals surface area contributed by atoms with E-state index in [4.69, 9.17) is 4.74 Å². The fraction of sp³-hybridized carbons (Fsp3) is 0.286. The second kappa shape index (κ2) is 10.6. The number of nitrogens with one attached hydrogen (secondary N) is 3. The molecule has 2 aromatic rings. The van der Waals surface area contributed by atoms with E-state index in [1.54, 1.807) is 30.5 Å². The Labute approximate surface area is 177 Å². The maximum Gasteiger partial charge on any atom is 0.319 e. The van der Waals surface area contributed by atoms with Crippen molar-refractivity contribution in [2.45, 2.75) is 31.2 Å². The number of hydrogen-bond donors (Lipinski definition) is 4. The summed E-state index contributed by atoms with van der Waals surface area (Å²) in [5, 5.41) is 17.1. The molecule has 2 heterocycles. The number of nitrogens with zero attached hydrogens (tertiary/aromatic N) is 1. The van der Waals surface area contributed by atoms with Crippen molar-refractivity contribution < 1.29 is 28.2 Å². The highest BCUT2D eigenvalue weighted by Crippen LogP contribution is 2.18. The SMILES string of the molecule is O=C(C[C@@H]1C=C[C@H](NC(=O)Nc2cc(F)ccc2F)[C@H](CO)O1)NCc1ccccn1. The van der Waals surface area contributed by atoms with Gasteiger partial charge in [0.25, 0.3) is 0 Å². The van der Waals surface area contributed by atoms with Gasteiger partial charge in [-0.2, -0.15) is 0 Å². The molecule has 1 aliphatic heterocycles. The first-order valence-electron chi connectivity index (χ1n) is 9.58. The number of benzene rings is 1. The first kappa shape index (κ1) is 22.3. The zero-order valence-corrected chi connectivity index (χ0v) is 16.4. The van der Waals surface area contributed by atoms with Crippen LogP contribution in [0.1, 0.15) is 12.1 Å². The highest BCUT2D eigenvalue weighted by Gasteiger charge is 2.29. The molecule has 0 bridgehead atoms. The fourth-order valence-corrected chi connectivity index (χ4v) is 2.99. The zero-order valence-electron chi connectivity index (χ0n) is 16.4. The van der Waals surface area contributed by atoms with E-state index in [0.29, 0.717) is 5.69 Å². The normalized spacial score (nSPS) is 20.2. The molecule has 0 saturated heterocycles. The molecule has 0 radical (unpaired) electrons. The van der Waals surface area contributed by atoms with E-state index in [2.05, 4.69) is 20.9 Å². The molecule has 3 atom stereocenters. The Hall–Kier alpha value is -3.37. The lowest BCUT2D eigenvalue weighted by Crippen LogP contribution is -2.50. The highest BCUT2D eigenvalue weighted by molar-refractivity contribution is 5.89. The number of pyridine rings is 1. The second-order valence-corrected chi connectivity index (χ2v) is 6.83. The number of ether oxygens (including phenoxy) is 1. The number of hydrogen-bond acceptors (Lipinski definition) is 5. The average Bonchev–Trinajstić information content (AvgIpc) is 2.76. The van der Waals surface area contributed by atoms with Gasteiger partial charge in [-0.25, -0.2) is 13.6 Å². The number of halogens is 2. The maximum absolute atomic E-state index is 13.7. The van der Waals surface area contributed by atoms with E-state index < -0.39 is 42.5 Å². The van der Waals surface area contributed by atoms with Crippen LogP contribution < -0.4 is 16.0 Å². The molecule has 3 rings (SSSR count). The molecule has 164 valence electrons. The minimum Gasteiger partial charge on any atom is -0.394 e.